The molecule has 0 saturated heterocycles. The number of halogens is 1. The summed E-state index contributed by atoms with van der Waals surface area (Å²) in [6.07, 6.45) is 2.33. The van der Waals surface area contributed by atoms with Crippen molar-refractivity contribution < 1.29 is 9.53 Å². The molecule has 0 atom stereocenters. The van der Waals surface area contributed by atoms with E-state index in [-0.39, 0.29) is 5.69 Å². The first-order valence-electron chi connectivity index (χ1n) is 8.65. The Morgan fingerprint density at radius 1 is 1.39 bits per heavy atom. The van der Waals surface area contributed by atoms with Crippen molar-refractivity contribution in [3.8, 4) is 17.1 Å². The fraction of sp³-hybridized carbons (Fsp3) is 0.263. The van der Waals surface area contributed by atoms with Gasteiger partial charge in [-0.1, -0.05) is 22.9 Å². The van der Waals surface area contributed by atoms with Crippen LogP contribution in [0.4, 0.5) is 11.6 Å². The fourth-order valence-electron chi connectivity index (χ4n) is 3.03. The first-order valence-corrected chi connectivity index (χ1v) is 9.45. The Morgan fingerprint density at radius 3 is 2.79 bits per heavy atom. The molecular formula is C19H21BrN6O2. The quantitative estimate of drug-likeness (QED) is 0.603. The number of carbonyl (C=O) groups excluding carboxylic acids is 1. The second-order valence-corrected chi connectivity index (χ2v) is 7.13. The van der Waals surface area contributed by atoms with Gasteiger partial charge in [-0.3, -0.25) is 9.48 Å². The van der Waals surface area contributed by atoms with Crippen LogP contribution in [0.1, 0.15) is 28.5 Å². The van der Waals surface area contributed by atoms with Gasteiger partial charge in [-0.15, -0.1) is 0 Å². The van der Waals surface area contributed by atoms with Crippen LogP contribution in [0.15, 0.2) is 28.9 Å². The number of benzene rings is 1. The van der Waals surface area contributed by atoms with E-state index >= 15 is 0 Å². The van der Waals surface area contributed by atoms with E-state index in [1.165, 1.54) is 0 Å². The second kappa shape index (κ2) is 7.97. The number of hydrogen-bond donors (Lipinski definition) is 2. The van der Waals surface area contributed by atoms with Crippen molar-refractivity contribution in [2.24, 2.45) is 12.8 Å². The molecule has 0 aliphatic carbocycles. The van der Waals surface area contributed by atoms with Crippen LogP contribution in [0.5, 0.6) is 5.75 Å². The van der Waals surface area contributed by atoms with Crippen LogP contribution < -0.4 is 15.8 Å². The fourth-order valence-corrected chi connectivity index (χ4v) is 3.37. The number of nitrogens with one attached hydrogen (secondary N) is 1. The van der Waals surface area contributed by atoms with Crippen molar-refractivity contribution in [1.82, 2.24) is 19.7 Å². The molecule has 1 amide bonds. The highest BCUT2D eigenvalue weighted by molar-refractivity contribution is 9.10. The summed E-state index contributed by atoms with van der Waals surface area (Å²) in [6, 6.07) is 5.63. The van der Waals surface area contributed by atoms with E-state index in [2.05, 4.69) is 36.3 Å². The Morgan fingerprint density at radius 2 is 2.14 bits per heavy atom. The van der Waals surface area contributed by atoms with Crippen LogP contribution in [-0.4, -0.2) is 32.8 Å². The molecule has 0 fully saturated rings. The lowest BCUT2D eigenvalue weighted by Gasteiger charge is -2.13. The van der Waals surface area contributed by atoms with Crippen LogP contribution >= 0.6 is 15.9 Å². The maximum Gasteiger partial charge on any atom is 0.269 e. The number of ether oxygens (including phenoxy) is 1. The molecule has 0 bridgehead atoms. The van der Waals surface area contributed by atoms with E-state index in [1.54, 1.807) is 25.0 Å². The van der Waals surface area contributed by atoms with Gasteiger partial charge in [-0.05, 0) is 37.1 Å². The SMILES string of the molecule is CCc1c(C(N)=O)nn(C)c1-c1nc(Nc2ccc(Br)cc2OC)ncc1C. The van der Waals surface area contributed by atoms with Crippen molar-refractivity contribution in [2.75, 3.05) is 12.4 Å². The van der Waals surface area contributed by atoms with E-state index in [0.717, 1.165) is 27.0 Å². The van der Waals surface area contributed by atoms with Crippen LogP contribution in [0.25, 0.3) is 11.4 Å². The summed E-state index contributed by atoms with van der Waals surface area (Å²) in [6.45, 7) is 3.87. The molecule has 8 nitrogen and oxygen atoms in total. The highest BCUT2D eigenvalue weighted by atomic mass is 79.9. The minimum absolute atomic E-state index is 0.266. The molecule has 0 aliphatic heterocycles. The summed E-state index contributed by atoms with van der Waals surface area (Å²) in [5, 5.41) is 7.47. The molecule has 28 heavy (non-hydrogen) atoms. The number of primary amides is 1. The first kappa shape index (κ1) is 19.8. The molecule has 3 aromatic rings. The molecule has 2 heterocycles. The average Bonchev–Trinajstić information content (AvgIpc) is 3.01. The van der Waals surface area contributed by atoms with E-state index in [9.17, 15) is 4.79 Å². The number of hydrogen-bond acceptors (Lipinski definition) is 6. The monoisotopic (exact) mass is 444 g/mol. The first-order chi connectivity index (χ1) is 13.3. The van der Waals surface area contributed by atoms with Crippen molar-refractivity contribution in [3.63, 3.8) is 0 Å². The summed E-state index contributed by atoms with van der Waals surface area (Å²) in [5.41, 5.74) is 9.56. The number of anilines is 2. The number of methoxy groups -OCH3 is 1. The number of carbonyl (C=O) groups is 1. The lowest BCUT2D eigenvalue weighted by Crippen LogP contribution is -2.14. The minimum atomic E-state index is -0.552. The molecule has 0 saturated carbocycles. The summed E-state index contributed by atoms with van der Waals surface area (Å²) in [7, 11) is 3.37. The number of nitrogens with zero attached hydrogens (tertiary/aromatic N) is 4. The lowest BCUT2D eigenvalue weighted by atomic mass is 10.0. The van der Waals surface area contributed by atoms with Gasteiger partial charge in [-0.25, -0.2) is 9.97 Å². The third kappa shape index (κ3) is 3.70. The Balaban J connectivity index is 2.08. The maximum atomic E-state index is 11.8. The normalized spacial score (nSPS) is 10.8. The average molecular weight is 445 g/mol. The van der Waals surface area contributed by atoms with Crippen LogP contribution in [0, 0.1) is 6.92 Å². The summed E-state index contributed by atoms with van der Waals surface area (Å²) in [5.74, 6) is 0.513. The van der Waals surface area contributed by atoms with Gasteiger partial charge < -0.3 is 15.8 Å². The highest BCUT2D eigenvalue weighted by Crippen LogP contribution is 2.32. The Kier molecular flexibility index (Phi) is 5.64. The number of rotatable bonds is 6. The standard InChI is InChI=1S/C19H21BrN6O2/c1-5-12-16(18(21)27)25-26(3)17(12)15-10(2)9-22-19(24-15)23-13-7-6-11(20)8-14(13)28-4/h6-9H,5H2,1-4H3,(H2,21,27)(H,22,23,24). The number of aryl methyl sites for hydroxylation is 2. The predicted octanol–water partition coefficient (Wildman–Crippen LogP) is 3.36. The van der Waals surface area contributed by atoms with Gasteiger partial charge in [0, 0.05) is 23.3 Å². The Hall–Kier alpha value is -2.94. The maximum absolute atomic E-state index is 11.8. The molecule has 0 spiro atoms. The molecule has 0 aliphatic rings. The topological polar surface area (TPSA) is 108 Å². The van der Waals surface area contributed by atoms with E-state index in [0.29, 0.717) is 23.8 Å². The van der Waals surface area contributed by atoms with Crippen molar-refractivity contribution >= 4 is 33.5 Å². The number of aromatic nitrogens is 4. The summed E-state index contributed by atoms with van der Waals surface area (Å²) >= 11 is 3.43. The molecular weight excluding hydrogens is 424 g/mol. The third-order valence-electron chi connectivity index (χ3n) is 4.34. The summed E-state index contributed by atoms with van der Waals surface area (Å²) < 4.78 is 7.95. The van der Waals surface area contributed by atoms with E-state index in [4.69, 9.17) is 10.5 Å². The van der Waals surface area contributed by atoms with Gasteiger partial charge in [-0.2, -0.15) is 5.10 Å². The van der Waals surface area contributed by atoms with E-state index in [1.807, 2.05) is 32.0 Å². The van der Waals surface area contributed by atoms with Gasteiger partial charge in [0.1, 0.15) is 5.75 Å². The zero-order chi connectivity index (χ0) is 20.4. The molecule has 3 N–H and O–H groups in total. The van der Waals surface area contributed by atoms with Gasteiger partial charge in [0.05, 0.1) is 24.2 Å². The van der Waals surface area contributed by atoms with Crippen LogP contribution in [0.2, 0.25) is 0 Å². The van der Waals surface area contributed by atoms with Crippen LogP contribution in [-0.2, 0) is 13.5 Å². The molecule has 1 aromatic carbocycles. The van der Waals surface area contributed by atoms with Crippen molar-refractivity contribution in [1.29, 1.82) is 0 Å². The minimum Gasteiger partial charge on any atom is -0.495 e. The van der Waals surface area contributed by atoms with Crippen molar-refractivity contribution in [3.05, 3.63) is 45.7 Å². The third-order valence-corrected chi connectivity index (χ3v) is 4.83. The number of amides is 1. The zero-order valence-corrected chi connectivity index (χ0v) is 17.7. The molecule has 2 aromatic heterocycles. The second-order valence-electron chi connectivity index (χ2n) is 6.21. The smallest absolute Gasteiger partial charge is 0.269 e. The lowest BCUT2D eigenvalue weighted by molar-refractivity contribution is 0.0994. The van der Waals surface area contributed by atoms with Gasteiger partial charge in [0.25, 0.3) is 5.91 Å². The number of nitrogens with two attached hydrogens (primary N) is 1. The van der Waals surface area contributed by atoms with E-state index < -0.39 is 5.91 Å². The van der Waals surface area contributed by atoms with Crippen LogP contribution in [0.3, 0.4) is 0 Å². The van der Waals surface area contributed by atoms with Gasteiger partial charge >= 0.3 is 0 Å². The largest absolute Gasteiger partial charge is 0.495 e. The highest BCUT2D eigenvalue weighted by Gasteiger charge is 2.22. The van der Waals surface area contributed by atoms with Gasteiger partial charge in [0.2, 0.25) is 5.95 Å². The molecule has 0 radical (unpaired) electrons. The molecule has 0 unspecified atom stereocenters. The van der Waals surface area contributed by atoms with Crippen molar-refractivity contribution in [2.45, 2.75) is 20.3 Å². The molecule has 9 heteroatoms. The molecule has 3 rings (SSSR count). The predicted molar refractivity (Wildman–Crippen MR) is 111 cm³/mol. The molecule has 146 valence electrons. The Bertz CT molecular complexity index is 1050. The zero-order valence-electron chi connectivity index (χ0n) is 16.1. The summed E-state index contributed by atoms with van der Waals surface area (Å²) in [4.78, 5) is 20.8. The Labute approximate surface area is 171 Å². The van der Waals surface area contributed by atoms with Gasteiger partial charge in [0.15, 0.2) is 5.69 Å².